The zero-order valence-corrected chi connectivity index (χ0v) is 15.2. The summed E-state index contributed by atoms with van der Waals surface area (Å²) in [7, 11) is 1.33. The van der Waals surface area contributed by atoms with Crippen molar-refractivity contribution in [3.8, 4) is 10.7 Å². The minimum atomic E-state index is -4.71. The highest BCUT2D eigenvalue weighted by molar-refractivity contribution is 7.15. The maximum absolute atomic E-state index is 12.6. The molecule has 1 amide bonds. The fourth-order valence-electron chi connectivity index (χ4n) is 2.15. The Morgan fingerprint density at radius 2 is 2.04 bits per heavy atom. The van der Waals surface area contributed by atoms with E-state index in [0.29, 0.717) is 9.75 Å². The van der Waals surface area contributed by atoms with Gasteiger partial charge in [-0.3, -0.25) is 9.63 Å². The average Bonchev–Trinajstić information content (AvgIpc) is 3.28. The SMILES string of the molecule is CON(Cc1ccc(-c2noc(C(F)(F)F)n2)s1)C(=O)c1ccccc1Cl. The Balaban J connectivity index is 1.77. The number of rotatable bonds is 5. The predicted octanol–water partition coefficient (Wildman–Crippen LogP) is 4.67. The summed E-state index contributed by atoms with van der Waals surface area (Å²) in [5.74, 6) is -2.04. The van der Waals surface area contributed by atoms with Gasteiger partial charge in [-0.2, -0.15) is 18.2 Å². The highest BCUT2D eigenvalue weighted by atomic mass is 35.5. The fraction of sp³-hybridized carbons (Fsp3) is 0.188. The molecular weight excluding hydrogens is 407 g/mol. The van der Waals surface area contributed by atoms with Crippen molar-refractivity contribution in [1.82, 2.24) is 15.2 Å². The first-order chi connectivity index (χ1) is 12.8. The topological polar surface area (TPSA) is 68.5 Å². The zero-order valence-electron chi connectivity index (χ0n) is 13.7. The van der Waals surface area contributed by atoms with Crippen LogP contribution in [-0.4, -0.2) is 28.2 Å². The van der Waals surface area contributed by atoms with E-state index in [9.17, 15) is 18.0 Å². The molecule has 0 atom stereocenters. The summed E-state index contributed by atoms with van der Waals surface area (Å²) < 4.78 is 41.9. The number of nitrogens with zero attached hydrogens (tertiary/aromatic N) is 3. The lowest BCUT2D eigenvalue weighted by molar-refractivity contribution is -0.159. The van der Waals surface area contributed by atoms with E-state index in [1.807, 2.05) is 0 Å². The molecule has 0 radical (unpaired) electrons. The lowest BCUT2D eigenvalue weighted by atomic mass is 10.2. The Morgan fingerprint density at radius 1 is 1.30 bits per heavy atom. The molecule has 3 rings (SSSR count). The number of hydroxylamine groups is 2. The number of hydrogen-bond donors (Lipinski definition) is 0. The summed E-state index contributed by atoms with van der Waals surface area (Å²) >= 11 is 7.14. The van der Waals surface area contributed by atoms with Gasteiger partial charge < -0.3 is 4.52 Å². The van der Waals surface area contributed by atoms with Crippen LogP contribution in [0.25, 0.3) is 10.7 Å². The number of thiophene rings is 1. The Bertz CT molecular complexity index is 958. The first-order valence-electron chi connectivity index (χ1n) is 7.40. The van der Waals surface area contributed by atoms with Crippen LogP contribution in [0.15, 0.2) is 40.9 Å². The second-order valence-electron chi connectivity index (χ2n) is 5.19. The molecule has 0 spiro atoms. The van der Waals surface area contributed by atoms with Crippen molar-refractivity contribution in [2.45, 2.75) is 12.7 Å². The van der Waals surface area contributed by atoms with Gasteiger partial charge in [0.1, 0.15) is 0 Å². The van der Waals surface area contributed by atoms with Crippen LogP contribution in [0.5, 0.6) is 0 Å². The van der Waals surface area contributed by atoms with E-state index >= 15 is 0 Å². The number of amides is 1. The van der Waals surface area contributed by atoms with Crippen LogP contribution in [0.1, 0.15) is 21.1 Å². The van der Waals surface area contributed by atoms with E-state index in [-0.39, 0.29) is 23.0 Å². The maximum Gasteiger partial charge on any atom is 0.471 e. The minimum absolute atomic E-state index is 0.0647. The number of carbonyl (C=O) groups is 1. The smallest absolute Gasteiger partial charge is 0.329 e. The summed E-state index contributed by atoms with van der Waals surface area (Å²) in [6.45, 7) is 0.0647. The molecule has 0 unspecified atom stereocenters. The van der Waals surface area contributed by atoms with Crippen molar-refractivity contribution in [2.24, 2.45) is 0 Å². The standard InChI is InChI=1S/C16H11ClF3N3O3S/c1-25-23(14(24)10-4-2-3-5-11(10)17)8-9-6-7-12(27-9)13-21-15(26-22-13)16(18,19)20/h2-7H,8H2,1H3. The third kappa shape index (κ3) is 4.29. The van der Waals surface area contributed by atoms with E-state index in [1.165, 1.54) is 7.11 Å². The van der Waals surface area contributed by atoms with Gasteiger partial charge in [0.25, 0.3) is 5.91 Å². The Hall–Kier alpha value is -2.43. The average molecular weight is 418 g/mol. The summed E-state index contributed by atoms with van der Waals surface area (Å²) in [5.41, 5.74) is 0.269. The van der Waals surface area contributed by atoms with Gasteiger partial charge >= 0.3 is 12.1 Å². The molecule has 0 bridgehead atoms. The molecule has 27 heavy (non-hydrogen) atoms. The first kappa shape index (κ1) is 19.3. The monoisotopic (exact) mass is 417 g/mol. The lowest BCUT2D eigenvalue weighted by Crippen LogP contribution is -2.29. The molecule has 0 saturated heterocycles. The second-order valence-corrected chi connectivity index (χ2v) is 6.77. The van der Waals surface area contributed by atoms with Gasteiger partial charge in [-0.05, 0) is 24.3 Å². The van der Waals surface area contributed by atoms with Gasteiger partial charge in [-0.15, -0.1) is 11.3 Å². The van der Waals surface area contributed by atoms with E-state index in [1.54, 1.807) is 36.4 Å². The zero-order chi connectivity index (χ0) is 19.6. The molecule has 3 aromatic rings. The van der Waals surface area contributed by atoms with E-state index in [4.69, 9.17) is 16.4 Å². The highest BCUT2D eigenvalue weighted by Gasteiger charge is 2.38. The van der Waals surface area contributed by atoms with E-state index in [2.05, 4.69) is 14.7 Å². The van der Waals surface area contributed by atoms with Gasteiger partial charge in [0.05, 0.1) is 29.1 Å². The van der Waals surface area contributed by atoms with Crippen molar-refractivity contribution in [3.05, 3.63) is 57.8 Å². The third-order valence-electron chi connectivity index (χ3n) is 3.40. The van der Waals surface area contributed by atoms with E-state index in [0.717, 1.165) is 16.4 Å². The van der Waals surface area contributed by atoms with Gasteiger partial charge in [0.2, 0.25) is 5.82 Å². The van der Waals surface area contributed by atoms with Crippen LogP contribution < -0.4 is 0 Å². The quantitative estimate of drug-likeness (QED) is 0.564. The molecule has 0 aliphatic carbocycles. The van der Waals surface area contributed by atoms with Crippen molar-refractivity contribution in [1.29, 1.82) is 0 Å². The Kier molecular flexibility index (Phi) is 5.49. The minimum Gasteiger partial charge on any atom is -0.329 e. The van der Waals surface area contributed by atoms with Crippen LogP contribution in [0.2, 0.25) is 5.02 Å². The molecule has 2 heterocycles. The van der Waals surface area contributed by atoms with Crippen molar-refractivity contribution in [3.63, 3.8) is 0 Å². The highest BCUT2D eigenvalue weighted by Crippen LogP contribution is 2.32. The number of carbonyl (C=O) groups excluding carboxylic acids is 1. The fourth-order valence-corrected chi connectivity index (χ4v) is 3.28. The molecule has 0 aliphatic rings. The largest absolute Gasteiger partial charge is 0.471 e. The van der Waals surface area contributed by atoms with Crippen molar-refractivity contribution < 1.29 is 27.3 Å². The number of alkyl halides is 3. The van der Waals surface area contributed by atoms with Gasteiger partial charge in [-0.1, -0.05) is 28.9 Å². The maximum atomic E-state index is 12.6. The third-order valence-corrected chi connectivity index (χ3v) is 4.80. The Morgan fingerprint density at radius 3 is 2.67 bits per heavy atom. The first-order valence-corrected chi connectivity index (χ1v) is 8.59. The predicted molar refractivity (Wildman–Crippen MR) is 90.9 cm³/mol. The van der Waals surface area contributed by atoms with Crippen LogP contribution >= 0.6 is 22.9 Å². The molecule has 142 valence electrons. The van der Waals surface area contributed by atoms with Crippen molar-refractivity contribution >= 4 is 28.8 Å². The molecule has 2 aromatic heterocycles. The summed E-state index contributed by atoms with van der Waals surface area (Å²) in [6, 6.07) is 9.69. The van der Waals surface area contributed by atoms with Gasteiger partial charge in [0, 0.05) is 4.88 Å². The van der Waals surface area contributed by atoms with E-state index < -0.39 is 18.0 Å². The molecule has 0 fully saturated rings. The van der Waals surface area contributed by atoms with Crippen LogP contribution in [0, 0.1) is 0 Å². The second kappa shape index (κ2) is 7.67. The van der Waals surface area contributed by atoms with Gasteiger partial charge in [0.15, 0.2) is 0 Å². The number of aromatic nitrogens is 2. The summed E-state index contributed by atoms with van der Waals surface area (Å²) in [6.07, 6.45) is -4.71. The molecule has 0 saturated carbocycles. The molecular formula is C16H11ClF3N3O3S. The molecule has 0 N–H and O–H groups in total. The molecule has 11 heteroatoms. The van der Waals surface area contributed by atoms with Crippen LogP contribution in [-0.2, 0) is 17.6 Å². The van der Waals surface area contributed by atoms with Crippen LogP contribution in [0.4, 0.5) is 13.2 Å². The number of benzene rings is 1. The number of halogens is 4. The molecule has 1 aromatic carbocycles. The summed E-state index contributed by atoms with van der Waals surface area (Å²) in [5, 5.41) is 4.71. The van der Waals surface area contributed by atoms with Crippen molar-refractivity contribution in [2.75, 3.05) is 7.11 Å². The molecule has 6 nitrogen and oxygen atoms in total. The normalized spacial score (nSPS) is 11.6. The number of hydrogen-bond acceptors (Lipinski definition) is 6. The van der Waals surface area contributed by atoms with Crippen LogP contribution in [0.3, 0.4) is 0 Å². The molecule has 0 aliphatic heterocycles. The lowest BCUT2D eigenvalue weighted by Gasteiger charge is -2.19. The van der Waals surface area contributed by atoms with Gasteiger partial charge in [-0.25, -0.2) is 5.06 Å². The Labute approximate surface area is 160 Å². The summed E-state index contributed by atoms with van der Waals surface area (Å²) in [4.78, 5) is 22.0.